The third-order valence-corrected chi connectivity index (χ3v) is 5.13. The summed E-state index contributed by atoms with van der Waals surface area (Å²) in [4.78, 5) is 5.28. The molecular weight excluding hydrogens is 240 g/mol. The second-order valence-electron chi connectivity index (χ2n) is 6.50. The topological polar surface area (TPSA) is 24.9 Å². The minimum Gasteiger partial charge on any atom is -0.348 e. The predicted molar refractivity (Wildman–Crippen MR) is 75.2 cm³/mol. The van der Waals surface area contributed by atoms with Gasteiger partial charge in [-0.15, -0.1) is 0 Å². The zero-order valence-electron chi connectivity index (χ0n) is 12.4. The first-order valence-corrected chi connectivity index (χ1v) is 7.95. The third kappa shape index (κ3) is 2.97. The van der Waals surface area contributed by atoms with Crippen molar-refractivity contribution in [3.63, 3.8) is 0 Å². The molecule has 3 fully saturated rings. The van der Waals surface area contributed by atoms with Crippen LogP contribution < -0.4 is 0 Å². The first kappa shape index (κ1) is 13.8. The molecule has 2 saturated heterocycles. The molecule has 0 aromatic heterocycles. The van der Waals surface area contributed by atoms with E-state index >= 15 is 0 Å². The van der Waals surface area contributed by atoms with Gasteiger partial charge in [0.1, 0.15) is 0 Å². The molecule has 0 aromatic carbocycles. The Balaban J connectivity index is 1.47. The molecule has 1 saturated carbocycles. The van der Waals surface area contributed by atoms with Gasteiger partial charge in [-0.05, 0) is 26.7 Å². The van der Waals surface area contributed by atoms with Crippen molar-refractivity contribution < 1.29 is 9.47 Å². The predicted octanol–water partition coefficient (Wildman–Crippen LogP) is 1.70. The normalized spacial score (nSPS) is 30.5. The molecule has 0 unspecified atom stereocenters. The molecule has 4 heteroatoms. The number of ether oxygens (including phenoxy) is 2. The molecule has 2 aliphatic heterocycles. The highest BCUT2D eigenvalue weighted by atomic mass is 16.7. The van der Waals surface area contributed by atoms with Crippen molar-refractivity contribution in [1.29, 1.82) is 0 Å². The summed E-state index contributed by atoms with van der Waals surface area (Å²) in [6.07, 6.45) is 4.65. The van der Waals surface area contributed by atoms with E-state index in [1.54, 1.807) is 0 Å². The van der Waals surface area contributed by atoms with Gasteiger partial charge in [0.05, 0.1) is 13.2 Å². The summed E-state index contributed by atoms with van der Waals surface area (Å²) in [5.74, 6) is -0.198. The minimum absolute atomic E-state index is 0.198. The first-order chi connectivity index (χ1) is 9.19. The van der Waals surface area contributed by atoms with Crippen molar-refractivity contribution in [2.45, 2.75) is 57.4 Å². The standard InChI is InChI=1S/C15H28N2O2/c1-13(2)16-7-9-17(10-8-16)14-3-5-15(6-4-14)18-11-12-19-15/h13-14H,3-12H2,1-2H3. The van der Waals surface area contributed by atoms with Crippen LogP contribution in [0.15, 0.2) is 0 Å². The smallest absolute Gasteiger partial charge is 0.168 e. The maximum Gasteiger partial charge on any atom is 0.168 e. The Hall–Kier alpha value is -0.160. The maximum atomic E-state index is 5.82. The van der Waals surface area contributed by atoms with Gasteiger partial charge >= 0.3 is 0 Å². The molecular formula is C15H28N2O2. The number of hydrogen-bond acceptors (Lipinski definition) is 4. The highest BCUT2D eigenvalue weighted by Gasteiger charge is 2.41. The molecule has 3 rings (SSSR count). The van der Waals surface area contributed by atoms with E-state index in [2.05, 4.69) is 23.6 Å². The van der Waals surface area contributed by atoms with Crippen LogP contribution >= 0.6 is 0 Å². The van der Waals surface area contributed by atoms with Crippen LogP contribution in [0.4, 0.5) is 0 Å². The van der Waals surface area contributed by atoms with Gasteiger partial charge in [0.2, 0.25) is 0 Å². The van der Waals surface area contributed by atoms with Gasteiger partial charge < -0.3 is 9.47 Å². The van der Waals surface area contributed by atoms with E-state index < -0.39 is 0 Å². The average Bonchev–Trinajstić information content (AvgIpc) is 2.88. The lowest BCUT2D eigenvalue weighted by Gasteiger charge is -2.44. The Morgan fingerprint density at radius 1 is 0.947 bits per heavy atom. The monoisotopic (exact) mass is 268 g/mol. The third-order valence-electron chi connectivity index (χ3n) is 5.13. The van der Waals surface area contributed by atoms with Gasteiger partial charge in [-0.3, -0.25) is 9.80 Å². The molecule has 2 heterocycles. The molecule has 3 aliphatic rings. The summed E-state index contributed by atoms with van der Waals surface area (Å²) >= 11 is 0. The molecule has 19 heavy (non-hydrogen) atoms. The van der Waals surface area contributed by atoms with Crippen molar-refractivity contribution >= 4 is 0 Å². The van der Waals surface area contributed by atoms with Crippen LogP contribution in [0, 0.1) is 0 Å². The second kappa shape index (κ2) is 5.68. The number of rotatable bonds is 2. The van der Waals surface area contributed by atoms with E-state index in [1.165, 1.54) is 39.0 Å². The van der Waals surface area contributed by atoms with Crippen molar-refractivity contribution in [2.75, 3.05) is 39.4 Å². The van der Waals surface area contributed by atoms with E-state index in [1.807, 2.05) is 0 Å². The SMILES string of the molecule is CC(C)N1CCN(C2CCC3(CC2)OCCO3)CC1. The molecule has 1 aliphatic carbocycles. The lowest BCUT2D eigenvalue weighted by molar-refractivity contribution is -0.184. The van der Waals surface area contributed by atoms with Crippen LogP contribution in [-0.2, 0) is 9.47 Å². The number of piperazine rings is 1. The summed E-state index contributed by atoms with van der Waals surface area (Å²) < 4.78 is 11.6. The number of nitrogens with zero attached hydrogens (tertiary/aromatic N) is 2. The number of hydrogen-bond donors (Lipinski definition) is 0. The molecule has 1 spiro atoms. The van der Waals surface area contributed by atoms with E-state index in [4.69, 9.17) is 9.47 Å². The van der Waals surface area contributed by atoms with Crippen molar-refractivity contribution in [2.24, 2.45) is 0 Å². The van der Waals surface area contributed by atoms with Crippen molar-refractivity contribution in [1.82, 2.24) is 9.80 Å². The van der Waals surface area contributed by atoms with Crippen LogP contribution in [0.2, 0.25) is 0 Å². The molecule has 0 aromatic rings. The fourth-order valence-electron chi connectivity index (χ4n) is 3.81. The first-order valence-electron chi connectivity index (χ1n) is 7.95. The van der Waals surface area contributed by atoms with Gasteiger partial charge in [-0.1, -0.05) is 0 Å². The van der Waals surface area contributed by atoms with E-state index in [0.717, 1.165) is 32.1 Å². The lowest BCUT2D eigenvalue weighted by atomic mass is 9.88. The van der Waals surface area contributed by atoms with Crippen LogP contribution in [-0.4, -0.2) is 67.1 Å². The summed E-state index contributed by atoms with van der Waals surface area (Å²) in [6.45, 7) is 11.1. The summed E-state index contributed by atoms with van der Waals surface area (Å²) in [7, 11) is 0. The van der Waals surface area contributed by atoms with Crippen molar-refractivity contribution in [3.05, 3.63) is 0 Å². The summed E-state index contributed by atoms with van der Waals surface area (Å²) in [5, 5.41) is 0. The molecule has 0 amide bonds. The molecule has 0 radical (unpaired) electrons. The van der Waals surface area contributed by atoms with Gasteiger partial charge in [-0.2, -0.15) is 0 Å². The van der Waals surface area contributed by atoms with Gasteiger partial charge in [0.25, 0.3) is 0 Å². The Morgan fingerprint density at radius 2 is 1.53 bits per heavy atom. The largest absolute Gasteiger partial charge is 0.348 e. The average molecular weight is 268 g/mol. The maximum absolute atomic E-state index is 5.82. The Morgan fingerprint density at radius 3 is 2.05 bits per heavy atom. The van der Waals surface area contributed by atoms with E-state index in [0.29, 0.717) is 6.04 Å². The van der Waals surface area contributed by atoms with Gasteiger partial charge in [0, 0.05) is 51.1 Å². The highest BCUT2D eigenvalue weighted by molar-refractivity contribution is 4.88. The van der Waals surface area contributed by atoms with E-state index in [9.17, 15) is 0 Å². The van der Waals surface area contributed by atoms with Gasteiger partial charge in [0.15, 0.2) is 5.79 Å². The van der Waals surface area contributed by atoms with Crippen LogP contribution in [0.1, 0.15) is 39.5 Å². The highest BCUT2D eigenvalue weighted by Crippen LogP contribution is 2.37. The summed E-state index contributed by atoms with van der Waals surface area (Å²) in [5.41, 5.74) is 0. The molecule has 0 N–H and O–H groups in total. The Labute approximate surface area is 117 Å². The van der Waals surface area contributed by atoms with Crippen LogP contribution in [0.5, 0.6) is 0 Å². The van der Waals surface area contributed by atoms with Gasteiger partial charge in [-0.25, -0.2) is 0 Å². The zero-order chi connectivity index (χ0) is 13.3. The molecule has 0 atom stereocenters. The Bertz CT molecular complexity index is 285. The second-order valence-corrected chi connectivity index (χ2v) is 6.50. The van der Waals surface area contributed by atoms with E-state index in [-0.39, 0.29) is 5.79 Å². The van der Waals surface area contributed by atoms with Crippen LogP contribution in [0.25, 0.3) is 0 Å². The fourth-order valence-corrected chi connectivity index (χ4v) is 3.81. The molecule has 110 valence electrons. The van der Waals surface area contributed by atoms with Crippen LogP contribution in [0.3, 0.4) is 0 Å². The minimum atomic E-state index is -0.198. The molecule has 0 bridgehead atoms. The lowest BCUT2D eigenvalue weighted by Crippen LogP contribution is -2.53. The Kier molecular flexibility index (Phi) is 4.13. The summed E-state index contributed by atoms with van der Waals surface area (Å²) in [6, 6.07) is 1.45. The fraction of sp³-hybridized carbons (Fsp3) is 1.00. The zero-order valence-corrected chi connectivity index (χ0v) is 12.4. The van der Waals surface area contributed by atoms with Crippen molar-refractivity contribution in [3.8, 4) is 0 Å². The quantitative estimate of drug-likeness (QED) is 0.761. The molecule has 4 nitrogen and oxygen atoms in total.